The summed E-state index contributed by atoms with van der Waals surface area (Å²) in [5, 5.41) is 2.94. The second-order valence-corrected chi connectivity index (χ2v) is 1.82. The molecule has 3 N–H and O–H groups in total. The zero-order valence-corrected chi connectivity index (χ0v) is 6.11. The highest BCUT2D eigenvalue weighted by Crippen LogP contribution is 1.70. The quantitative estimate of drug-likeness (QED) is 0.407. The van der Waals surface area contributed by atoms with Crippen LogP contribution >= 0.6 is 0 Å². The molecule has 10 heavy (non-hydrogen) atoms. The van der Waals surface area contributed by atoms with Crippen LogP contribution in [-0.2, 0) is 4.79 Å². The van der Waals surface area contributed by atoms with E-state index < -0.39 is 0 Å². The normalized spacial score (nSPS) is 8.10. The number of primary amides is 1. The van der Waals surface area contributed by atoms with Crippen molar-refractivity contribution in [1.29, 1.82) is 0 Å². The van der Waals surface area contributed by atoms with Crippen molar-refractivity contribution in [2.75, 3.05) is 13.1 Å². The fraction of sp³-hybridized carbons (Fsp3) is 0.571. The Morgan fingerprint density at radius 1 is 1.70 bits per heavy atom. The summed E-state index contributed by atoms with van der Waals surface area (Å²) in [7, 11) is 0. The molecule has 0 saturated heterocycles. The summed E-state index contributed by atoms with van der Waals surface area (Å²) in [5.74, 6) is 5.26. The molecule has 3 nitrogen and oxygen atoms in total. The number of hydrogen-bond donors (Lipinski definition) is 2. The van der Waals surface area contributed by atoms with Crippen LogP contribution in [0.2, 0.25) is 0 Å². The summed E-state index contributed by atoms with van der Waals surface area (Å²) in [4.78, 5) is 10.2. The Balaban J connectivity index is 3.03. The van der Waals surface area contributed by atoms with Crippen LogP contribution in [0, 0.1) is 11.8 Å². The van der Waals surface area contributed by atoms with Crippen molar-refractivity contribution in [3.8, 4) is 11.8 Å². The first-order valence-electron chi connectivity index (χ1n) is 3.16. The highest BCUT2D eigenvalue weighted by molar-refractivity contribution is 5.73. The lowest BCUT2D eigenvalue weighted by atomic mass is 10.4. The van der Waals surface area contributed by atoms with Gasteiger partial charge in [0.05, 0.1) is 6.54 Å². The zero-order chi connectivity index (χ0) is 7.82. The monoisotopic (exact) mass is 140 g/mol. The second kappa shape index (κ2) is 6.12. The van der Waals surface area contributed by atoms with Crippen LogP contribution < -0.4 is 11.1 Å². The number of carbonyl (C=O) groups excluding carboxylic acids is 1. The highest BCUT2D eigenvalue weighted by Gasteiger charge is 1.90. The van der Waals surface area contributed by atoms with Crippen LogP contribution in [0.1, 0.15) is 13.3 Å². The lowest BCUT2D eigenvalue weighted by Crippen LogP contribution is -2.22. The summed E-state index contributed by atoms with van der Waals surface area (Å²) in [6.07, 6.45) is 0.380. The van der Waals surface area contributed by atoms with E-state index in [1.165, 1.54) is 0 Å². The van der Waals surface area contributed by atoms with Gasteiger partial charge in [0, 0.05) is 13.0 Å². The van der Waals surface area contributed by atoms with Gasteiger partial charge in [-0.1, -0.05) is 5.92 Å². The summed E-state index contributed by atoms with van der Waals surface area (Å²) < 4.78 is 0. The minimum atomic E-state index is -0.281. The van der Waals surface area contributed by atoms with Crippen molar-refractivity contribution in [2.24, 2.45) is 5.73 Å². The van der Waals surface area contributed by atoms with E-state index in [1.54, 1.807) is 6.92 Å². The summed E-state index contributed by atoms with van der Waals surface area (Å²) >= 11 is 0. The van der Waals surface area contributed by atoms with Crippen LogP contribution in [0.25, 0.3) is 0 Å². The van der Waals surface area contributed by atoms with Crippen LogP contribution in [0.3, 0.4) is 0 Å². The molecule has 0 spiro atoms. The third-order valence-corrected chi connectivity index (χ3v) is 0.938. The smallest absolute Gasteiger partial charge is 0.218 e. The van der Waals surface area contributed by atoms with Crippen LogP contribution in [0.15, 0.2) is 0 Å². The van der Waals surface area contributed by atoms with Gasteiger partial charge in [-0.3, -0.25) is 4.79 Å². The Morgan fingerprint density at radius 3 is 2.90 bits per heavy atom. The van der Waals surface area contributed by atoms with Gasteiger partial charge in [-0.15, -0.1) is 5.92 Å². The predicted octanol–water partition coefficient (Wildman–Crippen LogP) is -0.525. The topological polar surface area (TPSA) is 55.1 Å². The number of nitrogens with one attached hydrogen (secondary N) is 1. The van der Waals surface area contributed by atoms with E-state index in [9.17, 15) is 4.79 Å². The molecule has 0 heterocycles. The molecule has 0 aliphatic rings. The molecule has 0 aromatic rings. The number of rotatable bonds is 4. The first kappa shape index (κ1) is 8.99. The number of amides is 1. The molecule has 0 atom stereocenters. The molecule has 0 fully saturated rings. The molecule has 0 rings (SSSR count). The molecule has 0 bridgehead atoms. The molecule has 56 valence electrons. The van der Waals surface area contributed by atoms with Gasteiger partial charge in [0.2, 0.25) is 5.91 Å². The summed E-state index contributed by atoms with van der Waals surface area (Å²) in [6.45, 7) is 3.02. The minimum absolute atomic E-state index is 0.281. The maximum absolute atomic E-state index is 10.2. The first-order chi connectivity index (χ1) is 4.77. The minimum Gasteiger partial charge on any atom is -0.370 e. The SMILES string of the molecule is CC#CCNCCC(N)=O. The largest absolute Gasteiger partial charge is 0.370 e. The molecular formula is C7H12N2O. The van der Waals surface area contributed by atoms with Gasteiger partial charge in [-0.2, -0.15) is 0 Å². The molecule has 0 aromatic heterocycles. The van der Waals surface area contributed by atoms with Gasteiger partial charge in [-0.25, -0.2) is 0 Å². The number of nitrogens with two attached hydrogens (primary N) is 1. The Bertz CT molecular complexity index is 155. The number of hydrogen-bond acceptors (Lipinski definition) is 2. The third-order valence-electron chi connectivity index (χ3n) is 0.938. The lowest BCUT2D eigenvalue weighted by molar-refractivity contribution is -0.117. The Hall–Kier alpha value is -1.01. The van der Waals surface area contributed by atoms with Crippen molar-refractivity contribution < 1.29 is 4.79 Å². The van der Waals surface area contributed by atoms with Crippen molar-refractivity contribution in [2.45, 2.75) is 13.3 Å². The van der Waals surface area contributed by atoms with Crippen LogP contribution in [0.5, 0.6) is 0 Å². The molecule has 0 unspecified atom stereocenters. The molecule has 3 heteroatoms. The Morgan fingerprint density at radius 2 is 2.40 bits per heavy atom. The molecule has 0 aromatic carbocycles. The van der Waals surface area contributed by atoms with E-state index in [4.69, 9.17) is 5.73 Å². The van der Waals surface area contributed by atoms with Gasteiger partial charge in [0.15, 0.2) is 0 Å². The van der Waals surface area contributed by atoms with E-state index in [0.717, 1.165) is 0 Å². The maximum atomic E-state index is 10.2. The molecule has 0 radical (unpaired) electrons. The lowest BCUT2D eigenvalue weighted by Gasteiger charge is -1.94. The van der Waals surface area contributed by atoms with Crippen molar-refractivity contribution in [3.05, 3.63) is 0 Å². The maximum Gasteiger partial charge on any atom is 0.218 e. The molecule has 0 aliphatic carbocycles. The van der Waals surface area contributed by atoms with Gasteiger partial charge in [0.1, 0.15) is 0 Å². The van der Waals surface area contributed by atoms with Crippen molar-refractivity contribution in [1.82, 2.24) is 5.32 Å². The van der Waals surface area contributed by atoms with E-state index in [1.807, 2.05) is 0 Å². The standard InChI is InChI=1S/C7H12N2O/c1-2-3-5-9-6-4-7(8)10/h9H,4-6H2,1H3,(H2,8,10). The Kier molecular flexibility index (Phi) is 5.50. The Labute approximate surface area is 61.0 Å². The van der Waals surface area contributed by atoms with Crippen molar-refractivity contribution >= 4 is 5.91 Å². The summed E-state index contributed by atoms with van der Waals surface area (Å²) in [5.41, 5.74) is 4.89. The van der Waals surface area contributed by atoms with Crippen LogP contribution in [0.4, 0.5) is 0 Å². The fourth-order valence-electron chi connectivity index (χ4n) is 0.451. The van der Waals surface area contributed by atoms with Crippen molar-refractivity contribution in [3.63, 3.8) is 0 Å². The second-order valence-electron chi connectivity index (χ2n) is 1.82. The number of carbonyl (C=O) groups is 1. The van der Waals surface area contributed by atoms with E-state index in [-0.39, 0.29) is 5.91 Å². The van der Waals surface area contributed by atoms with Gasteiger partial charge in [0.25, 0.3) is 0 Å². The molecule has 0 saturated carbocycles. The van der Waals surface area contributed by atoms with E-state index in [2.05, 4.69) is 17.2 Å². The van der Waals surface area contributed by atoms with Gasteiger partial charge < -0.3 is 11.1 Å². The molecule has 0 aliphatic heterocycles. The highest BCUT2D eigenvalue weighted by atomic mass is 16.1. The first-order valence-corrected chi connectivity index (χ1v) is 3.16. The zero-order valence-electron chi connectivity index (χ0n) is 6.11. The average molecular weight is 140 g/mol. The fourth-order valence-corrected chi connectivity index (χ4v) is 0.451. The summed E-state index contributed by atoms with van der Waals surface area (Å²) in [6, 6.07) is 0. The van der Waals surface area contributed by atoms with E-state index in [0.29, 0.717) is 19.5 Å². The van der Waals surface area contributed by atoms with Crippen LogP contribution in [-0.4, -0.2) is 19.0 Å². The molecule has 1 amide bonds. The molecular weight excluding hydrogens is 128 g/mol. The van der Waals surface area contributed by atoms with Gasteiger partial charge >= 0.3 is 0 Å². The third kappa shape index (κ3) is 6.99. The van der Waals surface area contributed by atoms with E-state index >= 15 is 0 Å². The van der Waals surface area contributed by atoms with Gasteiger partial charge in [-0.05, 0) is 6.92 Å². The average Bonchev–Trinajstić information content (AvgIpc) is 1.87. The predicted molar refractivity (Wildman–Crippen MR) is 40.1 cm³/mol.